The first-order chi connectivity index (χ1) is 7.40. The van der Waals surface area contributed by atoms with Crippen molar-refractivity contribution in [2.24, 2.45) is 0 Å². The zero-order valence-electron chi connectivity index (χ0n) is 8.80. The highest BCUT2D eigenvalue weighted by Crippen LogP contribution is 2.16. The lowest BCUT2D eigenvalue weighted by molar-refractivity contribution is 0.713. The Morgan fingerprint density at radius 1 is 1.07 bits per heavy atom. The number of halogens is 1. The van der Waals surface area contributed by atoms with E-state index in [0.717, 1.165) is 18.7 Å². The van der Waals surface area contributed by atoms with E-state index in [-0.39, 0.29) is 0 Å². The molecule has 1 aromatic carbocycles. The molecule has 0 aliphatic carbocycles. The Morgan fingerprint density at radius 2 is 1.93 bits per heavy atom. The van der Waals surface area contributed by atoms with E-state index in [2.05, 4.69) is 35.3 Å². The van der Waals surface area contributed by atoms with Gasteiger partial charge in [-0.1, -0.05) is 24.6 Å². The Labute approximate surface area is 95.5 Å². The summed E-state index contributed by atoms with van der Waals surface area (Å²) >= 11 is 5.64. The minimum absolute atomic E-state index is 0.784. The zero-order chi connectivity index (χ0) is 10.5. The first kappa shape index (κ1) is 10.6. The maximum absolute atomic E-state index is 5.64. The summed E-state index contributed by atoms with van der Waals surface area (Å²) in [6.45, 7) is 0. The normalized spacial score (nSPS) is 11.0. The van der Waals surface area contributed by atoms with Gasteiger partial charge < -0.3 is 4.98 Å². The quantitative estimate of drug-likeness (QED) is 0.578. The Hall–Kier alpha value is -0.950. The highest BCUT2D eigenvalue weighted by molar-refractivity contribution is 6.17. The van der Waals surface area contributed by atoms with Gasteiger partial charge in [0, 0.05) is 17.1 Å². The molecule has 1 aromatic heterocycles. The molecule has 2 aromatic rings. The fourth-order valence-corrected chi connectivity index (χ4v) is 2.04. The van der Waals surface area contributed by atoms with Crippen LogP contribution >= 0.6 is 11.6 Å². The Kier molecular flexibility index (Phi) is 3.68. The van der Waals surface area contributed by atoms with E-state index in [4.69, 9.17) is 11.6 Å². The lowest BCUT2D eigenvalue weighted by Gasteiger charge is -1.96. The second kappa shape index (κ2) is 5.22. The molecule has 0 amide bonds. The van der Waals surface area contributed by atoms with E-state index in [1.54, 1.807) is 0 Å². The number of rotatable bonds is 5. The van der Waals surface area contributed by atoms with E-state index < -0.39 is 0 Å². The van der Waals surface area contributed by atoms with E-state index >= 15 is 0 Å². The van der Waals surface area contributed by atoms with Crippen LogP contribution < -0.4 is 0 Å². The van der Waals surface area contributed by atoms with Crippen molar-refractivity contribution in [2.75, 3.05) is 5.88 Å². The second-order valence-electron chi connectivity index (χ2n) is 3.88. The van der Waals surface area contributed by atoms with Crippen LogP contribution in [0.15, 0.2) is 30.3 Å². The monoisotopic (exact) mass is 221 g/mol. The number of aromatic nitrogens is 1. The Bertz CT molecular complexity index is 386. The topological polar surface area (TPSA) is 15.8 Å². The molecule has 15 heavy (non-hydrogen) atoms. The van der Waals surface area contributed by atoms with Gasteiger partial charge in [-0.15, -0.1) is 11.6 Å². The summed E-state index contributed by atoms with van der Waals surface area (Å²) in [5.41, 5.74) is 2.58. The van der Waals surface area contributed by atoms with Gasteiger partial charge in [0.15, 0.2) is 0 Å². The number of H-pyrrole nitrogens is 1. The Morgan fingerprint density at radius 3 is 2.73 bits per heavy atom. The summed E-state index contributed by atoms with van der Waals surface area (Å²) < 4.78 is 0. The molecule has 0 atom stereocenters. The molecule has 1 N–H and O–H groups in total. The van der Waals surface area contributed by atoms with Gasteiger partial charge in [-0.05, 0) is 36.8 Å². The fraction of sp³-hybridized carbons (Fsp3) is 0.385. The van der Waals surface area contributed by atoms with Crippen molar-refractivity contribution in [3.05, 3.63) is 36.0 Å². The largest absolute Gasteiger partial charge is 0.358 e. The number of para-hydroxylation sites is 1. The third-order valence-corrected chi connectivity index (χ3v) is 2.93. The van der Waals surface area contributed by atoms with Gasteiger partial charge in [-0.2, -0.15) is 0 Å². The molecule has 0 fully saturated rings. The molecule has 0 bridgehead atoms. The van der Waals surface area contributed by atoms with E-state index in [1.807, 2.05) is 0 Å². The number of hydrogen-bond acceptors (Lipinski definition) is 0. The van der Waals surface area contributed by atoms with Crippen LogP contribution in [0.5, 0.6) is 0 Å². The predicted octanol–water partition coefficient (Wildman–Crippen LogP) is 4.12. The maximum Gasteiger partial charge on any atom is 0.0456 e. The van der Waals surface area contributed by atoms with Crippen molar-refractivity contribution in [2.45, 2.75) is 25.7 Å². The average Bonchev–Trinajstić information content (AvgIpc) is 2.67. The number of alkyl halides is 1. The van der Waals surface area contributed by atoms with Gasteiger partial charge in [-0.3, -0.25) is 0 Å². The number of aryl methyl sites for hydroxylation is 1. The number of aromatic amines is 1. The third kappa shape index (κ3) is 2.75. The lowest BCUT2D eigenvalue weighted by atomic mass is 10.1. The molecule has 0 saturated carbocycles. The van der Waals surface area contributed by atoms with Crippen LogP contribution in [0.3, 0.4) is 0 Å². The molecule has 2 heteroatoms. The summed E-state index contributed by atoms with van der Waals surface area (Å²) in [5, 5.41) is 1.31. The van der Waals surface area contributed by atoms with Gasteiger partial charge in [-0.25, -0.2) is 0 Å². The third-order valence-electron chi connectivity index (χ3n) is 2.67. The van der Waals surface area contributed by atoms with E-state index in [1.165, 1.54) is 29.4 Å². The van der Waals surface area contributed by atoms with Crippen LogP contribution in [0.1, 0.15) is 25.0 Å². The van der Waals surface area contributed by atoms with Crippen molar-refractivity contribution in [1.29, 1.82) is 0 Å². The molecule has 1 heterocycles. The van der Waals surface area contributed by atoms with Crippen LogP contribution in [0.2, 0.25) is 0 Å². The van der Waals surface area contributed by atoms with Gasteiger partial charge in [0.1, 0.15) is 0 Å². The number of hydrogen-bond donors (Lipinski definition) is 1. The molecule has 1 nitrogen and oxygen atoms in total. The van der Waals surface area contributed by atoms with Crippen LogP contribution in [0.25, 0.3) is 10.9 Å². The van der Waals surface area contributed by atoms with Crippen LogP contribution in [0, 0.1) is 0 Å². The van der Waals surface area contributed by atoms with Crippen LogP contribution in [-0.4, -0.2) is 10.9 Å². The summed E-state index contributed by atoms with van der Waals surface area (Å²) in [6.07, 6.45) is 4.70. The van der Waals surface area contributed by atoms with Crippen LogP contribution in [0.4, 0.5) is 0 Å². The number of unbranched alkanes of at least 4 members (excludes halogenated alkanes) is 2. The first-order valence-corrected chi connectivity index (χ1v) is 6.06. The first-order valence-electron chi connectivity index (χ1n) is 5.53. The van der Waals surface area contributed by atoms with Crippen molar-refractivity contribution < 1.29 is 0 Å². The number of benzene rings is 1. The second-order valence-corrected chi connectivity index (χ2v) is 4.26. The van der Waals surface area contributed by atoms with Crippen molar-refractivity contribution in [3.8, 4) is 0 Å². The van der Waals surface area contributed by atoms with Crippen molar-refractivity contribution in [1.82, 2.24) is 4.98 Å². The van der Waals surface area contributed by atoms with E-state index in [9.17, 15) is 0 Å². The van der Waals surface area contributed by atoms with Gasteiger partial charge >= 0.3 is 0 Å². The smallest absolute Gasteiger partial charge is 0.0456 e. The highest BCUT2D eigenvalue weighted by Gasteiger charge is 1.99. The number of fused-ring (bicyclic) bond motifs is 1. The minimum atomic E-state index is 0.784. The Balaban J connectivity index is 1.97. The fourth-order valence-electron chi connectivity index (χ4n) is 1.85. The number of nitrogens with one attached hydrogen (secondary N) is 1. The summed E-state index contributed by atoms with van der Waals surface area (Å²) in [6, 6.07) is 10.7. The SMILES string of the molecule is ClCCCCCc1cc2ccccc2[nH]1. The van der Waals surface area contributed by atoms with Gasteiger partial charge in [0.25, 0.3) is 0 Å². The molecule has 0 aliphatic rings. The maximum atomic E-state index is 5.64. The molecular weight excluding hydrogens is 206 g/mol. The standard InChI is InChI=1S/C13H16ClN/c14-9-5-1-2-7-12-10-11-6-3-4-8-13(11)15-12/h3-4,6,8,10,15H,1-2,5,7,9H2. The highest BCUT2D eigenvalue weighted by atomic mass is 35.5. The van der Waals surface area contributed by atoms with Crippen molar-refractivity contribution >= 4 is 22.5 Å². The molecule has 0 radical (unpaired) electrons. The minimum Gasteiger partial charge on any atom is -0.358 e. The van der Waals surface area contributed by atoms with E-state index in [0.29, 0.717) is 0 Å². The zero-order valence-corrected chi connectivity index (χ0v) is 9.56. The molecule has 0 unspecified atom stereocenters. The van der Waals surface area contributed by atoms with Crippen molar-refractivity contribution in [3.63, 3.8) is 0 Å². The molecule has 80 valence electrons. The molecule has 0 aliphatic heterocycles. The van der Waals surface area contributed by atoms with Crippen LogP contribution in [-0.2, 0) is 6.42 Å². The predicted molar refractivity (Wildman–Crippen MR) is 66.6 cm³/mol. The molecule has 0 saturated heterocycles. The summed E-state index contributed by atoms with van der Waals surface area (Å²) in [7, 11) is 0. The molecule has 0 spiro atoms. The van der Waals surface area contributed by atoms with Gasteiger partial charge in [0.05, 0.1) is 0 Å². The average molecular weight is 222 g/mol. The summed E-state index contributed by atoms with van der Waals surface area (Å²) in [4.78, 5) is 3.44. The molecular formula is C13H16ClN. The lowest BCUT2D eigenvalue weighted by Crippen LogP contribution is -1.85. The molecule has 2 rings (SSSR count). The summed E-state index contributed by atoms with van der Waals surface area (Å²) in [5.74, 6) is 0.784. The van der Waals surface area contributed by atoms with Gasteiger partial charge in [0.2, 0.25) is 0 Å².